The number of hydrogen-bond donors (Lipinski definition) is 1. The van der Waals surface area contributed by atoms with Crippen molar-refractivity contribution in [3.05, 3.63) is 28.2 Å². The van der Waals surface area contributed by atoms with Crippen LogP contribution in [0.25, 0.3) is 0 Å². The molecular formula is C13H20BrNO3S. The van der Waals surface area contributed by atoms with Crippen LogP contribution in [-0.4, -0.2) is 20.8 Å². The SMILES string of the molecule is CCCC(COc1ccc(C)cc1Br)CS(N)(=O)=O. The van der Waals surface area contributed by atoms with Gasteiger partial charge >= 0.3 is 0 Å². The topological polar surface area (TPSA) is 69.4 Å². The molecule has 0 aliphatic carbocycles. The van der Waals surface area contributed by atoms with Crippen molar-refractivity contribution in [2.45, 2.75) is 26.7 Å². The van der Waals surface area contributed by atoms with E-state index in [9.17, 15) is 8.42 Å². The molecule has 0 radical (unpaired) electrons. The van der Waals surface area contributed by atoms with Crippen LogP contribution in [0.15, 0.2) is 22.7 Å². The first-order chi connectivity index (χ1) is 8.81. The van der Waals surface area contributed by atoms with E-state index in [-0.39, 0.29) is 11.7 Å². The molecule has 6 heteroatoms. The van der Waals surface area contributed by atoms with Crippen LogP contribution in [0.2, 0.25) is 0 Å². The lowest BCUT2D eigenvalue weighted by Gasteiger charge is -2.16. The van der Waals surface area contributed by atoms with Crippen molar-refractivity contribution in [1.82, 2.24) is 0 Å². The molecule has 0 aliphatic rings. The van der Waals surface area contributed by atoms with Gasteiger partial charge in [-0.1, -0.05) is 19.4 Å². The third kappa shape index (κ3) is 6.40. The largest absolute Gasteiger partial charge is 0.492 e. The van der Waals surface area contributed by atoms with E-state index in [1.54, 1.807) is 0 Å². The zero-order valence-corrected chi connectivity index (χ0v) is 13.6. The Morgan fingerprint density at radius 1 is 1.42 bits per heavy atom. The second-order valence-corrected chi connectivity index (χ2v) is 7.24. The summed E-state index contributed by atoms with van der Waals surface area (Å²) in [5, 5.41) is 5.09. The van der Waals surface area contributed by atoms with E-state index in [2.05, 4.69) is 15.9 Å². The van der Waals surface area contributed by atoms with E-state index in [0.29, 0.717) is 6.61 Å². The number of aryl methyl sites for hydroxylation is 1. The van der Waals surface area contributed by atoms with Crippen molar-refractivity contribution >= 4 is 26.0 Å². The molecule has 0 fully saturated rings. The van der Waals surface area contributed by atoms with Crippen LogP contribution in [0.3, 0.4) is 0 Å². The minimum absolute atomic E-state index is 0.0374. The van der Waals surface area contributed by atoms with Crippen LogP contribution in [0.4, 0.5) is 0 Å². The molecular weight excluding hydrogens is 330 g/mol. The van der Waals surface area contributed by atoms with Gasteiger partial charge in [-0.15, -0.1) is 0 Å². The fourth-order valence-electron chi connectivity index (χ4n) is 1.88. The Labute approximate surface area is 123 Å². The molecule has 19 heavy (non-hydrogen) atoms. The van der Waals surface area contributed by atoms with Crippen LogP contribution in [0.1, 0.15) is 25.3 Å². The highest BCUT2D eigenvalue weighted by atomic mass is 79.9. The Morgan fingerprint density at radius 2 is 2.11 bits per heavy atom. The van der Waals surface area contributed by atoms with Crippen molar-refractivity contribution < 1.29 is 13.2 Å². The lowest BCUT2D eigenvalue weighted by molar-refractivity contribution is 0.251. The molecule has 0 spiro atoms. The maximum absolute atomic E-state index is 11.2. The van der Waals surface area contributed by atoms with Gasteiger partial charge in [0.2, 0.25) is 10.0 Å². The van der Waals surface area contributed by atoms with Gasteiger partial charge in [0.15, 0.2) is 0 Å². The fraction of sp³-hybridized carbons (Fsp3) is 0.538. The molecule has 0 saturated carbocycles. The van der Waals surface area contributed by atoms with Crippen molar-refractivity contribution in [2.24, 2.45) is 11.1 Å². The van der Waals surface area contributed by atoms with Crippen LogP contribution in [0.5, 0.6) is 5.75 Å². The molecule has 0 amide bonds. The van der Waals surface area contributed by atoms with Crippen LogP contribution in [-0.2, 0) is 10.0 Å². The second kappa shape index (κ2) is 7.26. The first-order valence-corrected chi connectivity index (χ1v) is 8.72. The Morgan fingerprint density at radius 3 is 2.63 bits per heavy atom. The molecule has 1 aromatic carbocycles. The lowest BCUT2D eigenvalue weighted by atomic mass is 10.1. The maximum Gasteiger partial charge on any atom is 0.209 e. The highest BCUT2D eigenvalue weighted by Crippen LogP contribution is 2.26. The third-order valence-corrected chi connectivity index (χ3v) is 4.28. The molecule has 0 aromatic heterocycles. The standard InChI is InChI=1S/C13H20BrNO3S/c1-3-4-11(9-19(15,16)17)8-18-13-6-5-10(2)7-12(13)14/h5-7,11H,3-4,8-9H2,1-2H3,(H2,15,16,17). The van der Waals surface area contributed by atoms with Crippen molar-refractivity contribution in [3.63, 3.8) is 0 Å². The molecule has 1 atom stereocenters. The summed E-state index contributed by atoms with van der Waals surface area (Å²) in [6, 6.07) is 5.79. The van der Waals surface area contributed by atoms with Gasteiger partial charge in [-0.3, -0.25) is 0 Å². The zero-order chi connectivity index (χ0) is 14.5. The van der Waals surface area contributed by atoms with Gasteiger partial charge in [0.05, 0.1) is 16.8 Å². The Kier molecular flexibility index (Phi) is 6.29. The minimum Gasteiger partial charge on any atom is -0.492 e. The summed E-state index contributed by atoms with van der Waals surface area (Å²) >= 11 is 3.43. The van der Waals surface area contributed by atoms with Crippen molar-refractivity contribution in [3.8, 4) is 5.75 Å². The Balaban J connectivity index is 2.65. The van der Waals surface area contributed by atoms with Crippen LogP contribution < -0.4 is 9.88 Å². The highest BCUT2D eigenvalue weighted by Gasteiger charge is 2.16. The average Bonchev–Trinajstić information content (AvgIpc) is 2.26. The lowest BCUT2D eigenvalue weighted by Crippen LogP contribution is -2.27. The molecule has 108 valence electrons. The molecule has 0 saturated heterocycles. The van der Waals surface area contributed by atoms with E-state index >= 15 is 0 Å². The summed E-state index contributed by atoms with van der Waals surface area (Å²) < 4.78 is 28.9. The Bertz CT molecular complexity index is 517. The molecule has 0 aliphatic heterocycles. The summed E-state index contributed by atoms with van der Waals surface area (Å²) in [5.41, 5.74) is 1.13. The number of primary sulfonamides is 1. The van der Waals surface area contributed by atoms with Gasteiger partial charge in [0.25, 0.3) is 0 Å². The molecule has 1 unspecified atom stereocenters. The van der Waals surface area contributed by atoms with Gasteiger partial charge < -0.3 is 4.74 Å². The summed E-state index contributed by atoms with van der Waals surface area (Å²) in [7, 11) is -3.46. The fourth-order valence-corrected chi connectivity index (χ4v) is 3.41. The van der Waals surface area contributed by atoms with Crippen LogP contribution >= 0.6 is 15.9 Å². The first kappa shape index (κ1) is 16.5. The monoisotopic (exact) mass is 349 g/mol. The van der Waals surface area contributed by atoms with E-state index < -0.39 is 10.0 Å². The maximum atomic E-state index is 11.2. The van der Waals surface area contributed by atoms with Crippen molar-refractivity contribution in [2.75, 3.05) is 12.4 Å². The van der Waals surface area contributed by atoms with Crippen LogP contribution in [0, 0.1) is 12.8 Å². The molecule has 1 rings (SSSR count). The predicted octanol–water partition coefficient (Wildman–Crippen LogP) is 2.84. The van der Waals surface area contributed by atoms with Gasteiger partial charge in [-0.2, -0.15) is 0 Å². The molecule has 2 N–H and O–H groups in total. The summed E-state index contributed by atoms with van der Waals surface area (Å²) in [5.74, 6) is 0.610. The number of halogens is 1. The van der Waals surface area contributed by atoms with E-state index in [4.69, 9.17) is 9.88 Å². The summed E-state index contributed by atoms with van der Waals surface area (Å²) in [6.07, 6.45) is 1.68. The van der Waals surface area contributed by atoms with E-state index in [1.807, 2.05) is 32.0 Å². The number of benzene rings is 1. The quantitative estimate of drug-likeness (QED) is 0.822. The number of nitrogens with two attached hydrogens (primary N) is 1. The minimum atomic E-state index is -3.46. The van der Waals surface area contributed by atoms with E-state index in [0.717, 1.165) is 28.6 Å². The van der Waals surface area contributed by atoms with Gasteiger partial charge in [-0.25, -0.2) is 13.6 Å². The predicted molar refractivity (Wildman–Crippen MR) is 80.7 cm³/mol. The molecule has 4 nitrogen and oxygen atoms in total. The van der Waals surface area contributed by atoms with Gasteiger partial charge in [-0.05, 0) is 47.0 Å². The normalized spacial score (nSPS) is 13.3. The second-order valence-electron chi connectivity index (χ2n) is 4.73. The zero-order valence-electron chi connectivity index (χ0n) is 11.2. The van der Waals surface area contributed by atoms with Gasteiger partial charge in [0, 0.05) is 5.92 Å². The summed E-state index contributed by atoms with van der Waals surface area (Å²) in [6.45, 7) is 4.36. The molecule has 1 aromatic rings. The number of hydrogen-bond acceptors (Lipinski definition) is 3. The van der Waals surface area contributed by atoms with Gasteiger partial charge in [0.1, 0.15) is 5.75 Å². The molecule has 0 heterocycles. The summed E-state index contributed by atoms with van der Waals surface area (Å²) in [4.78, 5) is 0. The smallest absolute Gasteiger partial charge is 0.209 e. The third-order valence-electron chi connectivity index (χ3n) is 2.73. The highest BCUT2D eigenvalue weighted by molar-refractivity contribution is 9.10. The number of sulfonamides is 1. The molecule has 0 bridgehead atoms. The number of ether oxygens (including phenoxy) is 1. The average molecular weight is 350 g/mol. The van der Waals surface area contributed by atoms with Crippen molar-refractivity contribution in [1.29, 1.82) is 0 Å². The Hall–Kier alpha value is -0.590. The van der Waals surface area contributed by atoms with E-state index in [1.165, 1.54) is 0 Å². The first-order valence-electron chi connectivity index (χ1n) is 6.21. The number of rotatable bonds is 7.